The number of ether oxygens (including phenoxy) is 1. The van der Waals surface area contributed by atoms with Crippen LogP contribution in [0.4, 0.5) is 10.5 Å². The Morgan fingerprint density at radius 2 is 1.65 bits per heavy atom. The van der Waals surface area contributed by atoms with Gasteiger partial charge in [0.1, 0.15) is 12.6 Å². The molecule has 10 heteroatoms. The van der Waals surface area contributed by atoms with Crippen molar-refractivity contribution in [3.8, 4) is 0 Å². The lowest BCUT2D eigenvalue weighted by Crippen LogP contribution is -2.52. The Kier molecular flexibility index (Phi) is 11.5. The third-order valence-electron chi connectivity index (χ3n) is 5.07. The molecule has 0 aliphatic heterocycles. The van der Waals surface area contributed by atoms with Crippen molar-refractivity contribution in [1.29, 1.82) is 0 Å². The summed E-state index contributed by atoms with van der Waals surface area (Å²) in [6.07, 6.45) is 0.762. The van der Waals surface area contributed by atoms with Gasteiger partial charge in [-0.25, -0.2) is 4.79 Å². The summed E-state index contributed by atoms with van der Waals surface area (Å²) >= 11 is 0. The van der Waals surface area contributed by atoms with Gasteiger partial charge in [0.05, 0.1) is 11.5 Å². The topological polar surface area (TPSA) is 152 Å². The van der Waals surface area contributed by atoms with Crippen molar-refractivity contribution in [1.82, 2.24) is 16.0 Å². The Hall–Kier alpha value is -3.14. The number of amides is 4. The molecule has 0 heterocycles. The highest BCUT2D eigenvalue weighted by molar-refractivity contribution is 5.97. The number of hydrogen-bond acceptors (Lipinski definition) is 6. The fourth-order valence-electron chi connectivity index (χ4n) is 3.09. The van der Waals surface area contributed by atoms with E-state index in [9.17, 15) is 19.2 Å². The summed E-state index contributed by atoms with van der Waals surface area (Å²) in [6.45, 7) is 9.60. The van der Waals surface area contributed by atoms with Crippen LogP contribution in [-0.2, 0) is 25.7 Å². The van der Waals surface area contributed by atoms with E-state index >= 15 is 0 Å². The molecule has 0 aliphatic rings. The molecule has 0 saturated carbocycles. The lowest BCUT2D eigenvalue weighted by atomic mass is 9.97. The Labute approximate surface area is 201 Å². The maximum atomic E-state index is 12.9. The zero-order valence-electron chi connectivity index (χ0n) is 21.0. The van der Waals surface area contributed by atoms with Crippen molar-refractivity contribution < 1.29 is 23.9 Å². The first-order chi connectivity index (χ1) is 15.8. The van der Waals surface area contributed by atoms with Crippen LogP contribution in [0.2, 0.25) is 0 Å². The molecule has 0 saturated heterocycles. The van der Waals surface area contributed by atoms with Crippen LogP contribution in [0.3, 0.4) is 0 Å². The van der Waals surface area contributed by atoms with Gasteiger partial charge in [0.25, 0.3) is 0 Å². The third kappa shape index (κ3) is 10.2. The molecule has 0 spiro atoms. The SMILES string of the molecule is CNC(C(=O)NC(CCCNC(N)=O)C(=O)Nc1ccc(COC(=O)C(C)(C)C)cc1)C(C)C. The van der Waals surface area contributed by atoms with E-state index in [1.54, 1.807) is 52.1 Å². The molecule has 1 aromatic rings. The summed E-state index contributed by atoms with van der Waals surface area (Å²) in [4.78, 5) is 48.4. The van der Waals surface area contributed by atoms with E-state index < -0.39 is 23.5 Å². The third-order valence-corrected chi connectivity index (χ3v) is 5.07. The van der Waals surface area contributed by atoms with Crippen LogP contribution in [0.5, 0.6) is 0 Å². The van der Waals surface area contributed by atoms with Gasteiger partial charge in [0.15, 0.2) is 0 Å². The number of urea groups is 1. The quantitative estimate of drug-likeness (QED) is 0.229. The standard InChI is InChI=1S/C24H39N5O5/c1-15(2)19(26-6)21(31)29-18(8-7-13-27-23(25)33)20(30)28-17-11-9-16(10-12-17)14-34-22(32)24(3,4)5/h9-12,15,18-19,26H,7-8,13-14H2,1-6H3,(H,28,30)(H,29,31)(H3,25,27,33). The van der Waals surface area contributed by atoms with E-state index in [1.165, 1.54) is 0 Å². The van der Waals surface area contributed by atoms with Gasteiger partial charge in [0.2, 0.25) is 11.8 Å². The number of anilines is 1. The molecule has 0 aliphatic carbocycles. The Balaban J connectivity index is 2.80. The maximum absolute atomic E-state index is 12.9. The largest absolute Gasteiger partial charge is 0.460 e. The van der Waals surface area contributed by atoms with Crippen molar-refractivity contribution in [2.45, 2.75) is 66.2 Å². The summed E-state index contributed by atoms with van der Waals surface area (Å²) in [5.41, 5.74) is 5.82. The first-order valence-electron chi connectivity index (χ1n) is 11.4. The molecular formula is C24H39N5O5. The number of esters is 1. The van der Waals surface area contributed by atoms with Crippen LogP contribution in [0.1, 0.15) is 53.0 Å². The second-order valence-corrected chi connectivity index (χ2v) is 9.52. The van der Waals surface area contributed by atoms with Crippen molar-refractivity contribution in [3.05, 3.63) is 29.8 Å². The molecule has 0 aromatic heterocycles. The predicted molar refractivity (Wildman–Crippen MR) is 131 cm³/mol. The van der Waals surface area contributed by atoms with E-state index in [1.807, 2.05) is 13.8 Å². The Bertz CT molecular complexity index is 833. The van der Waals surface area contributed by atoms with Gasteiger partial charge in [-0.3, -0.25) is 14.4 Å². The number of rotatable bonds is 12. The lowest BCUT2D eigenvalue weighted by Gasteiger charge is -2.24. The summed E-state index contributed by atoms with van der Waals surface area (Å²) in [5.74, 6) is -0.921. The fraction of sp³-hybridized carbons (Fsp3) is 0.583. The zero-order chi connectivity index (χ0) is 25.9. The van der Waals surface area contributed by atoms with Crippen LogP contribution >= 0.6 is 0 Å². The molecule has 2 unspecified atom stereocenters. The van der Waals surface area contributed by atoms with Gasteiger partial charge in [0, 0.05) is 12.2 Å². The van der Waals surface area contributed by atoms with Gasteiger partial charge >= 0.3 is 12.0 Å². The van der Waals surface area contributed by atoms with Gasteiger partial charge in [-0.15, -0.1) is 0 Å². The molecule has 34 heavy (non-hydrogen) atoms. The molecule has 6 N–H and O–H groups in total. The minimum atomic E-state index is -0.802. The van der Waals surface area contributed by atoms with Gasteiger partial charge in [-0.1, -0.05) is 26.0 Å². The maximum Gasteiger partial charge on any atom is 0.312 e. The number of nitrogens with one attached hydrogen (secondary N) is 4. The van der Waals surface area contributed by atoms with E-state index in [4.69, 9.17) is 10.5 Å². The second-order valence-electron chi connectivity index (χ2n) is 9.52. The normalized spacial score (nSPS) is 13.0. The summed E-state index contributed by atoms with van der Waals surface area (Å²) in [5, 5.41) is 11.0. The molecule has 1 aromatic carbocycles. The number of likely N-dealkylation sites (N-methyl/N-ethyl adjacent to an activating group) is 1. The van der Waals surface area contributed by atoms with E-state index in [2.05, 4.69) is 21.3 Å². The van der Waals surface area contributed by atoms with Gasteiger partial charge in [-0.2, -0.15) is 0 Å². The minimum absolute atomic E-state index is 0.0326. The molecular weight excluding hydrogens is 438 g/mol. The molecule has 190 valence electrons. The highest BCUT2D eigenvalue weighted by Crippen LogP contribution is 2.17. The van der Waals surface area contributed by atoms with E-state index in [0.717, 1.165) is 5.56 Å². The highest BCUT2D eigenvalue weighted by atomic mass is 16.5. The number of carbonyl (C=O) groups is 4. The predicted octanol–water partition coefficient (Wildman–Crippen LogP) is 1.89. The van der Waals surface area contributed by atoms with Crippen molar-refractivity contribution in [2.24, 2.45) is 17.1 Å². The summed E-state index contributed by atoms with van der Waals surface area (Å²) in [7, 11) is 1.69. The van der Waals surface area contributed by atoms with E-state index in [0.29, 0.717) is 18.5 Å². The van der Waals surface area contributed by atoms with Crippen LogP contribution in [0.15, 0.2) is 24.3 Å². The number of carbonyl (C=O) groups excluding carboxylic acids is 4. The van der Waals surface area contributed by atoms with Gasteiger partial charge < -0.3 is 31.7 Å². The number of primary amides is 1. The van der Waals surface area contributed by atoms with E-state index in [-0.39, 0.29) is 36.9 Å². The van der Waals surface area contributed by atoms with Crippen molar-refractivity contribution >= 4 is 29.5 Å². The summed E-state index contributed by atoms with van der Waals surface area (Å²) in [6, 6.07) is 5.02. The monoisotopic (exact) mass is 477 g/mol. The number of benzene rings is 1. The summed E-state index contributed by atoms with van der Waals surface area (Å²) < 4.78 is 5.30. The molecule has 10 nitrogen and oxygen atoms in total. The Morgan fingerprint density at radius 1 is 1.03 bits per heavy atom. The van der Waals surface area contributed by atoms with Crippen LogP contribution in [0, 0.1) is 11.3 Å². The molecule has 0 bridgehead atoms. The van der Waals surface area contributed by atoms with Crippen LogP contribution in [-0.4, -0.2) is 49.5 Å². The van der Waals surface area contributed by atoms with Crippen LogP contribution in [0.25, 0.3) is 0 Å². The molecule has 2 atom stereocenters. The first-order valence-corrected chi connectivity index (χ1v) is 11.4. The Morgan fingerprint density at radius 3 is 2.15 bits per heavy atom. The molecule has 4 amide bonds. The second kappa shape index (κ2) is 13.5. The number of nitrogens with two attached hydrogens (primary N) is 1. The molecule has 1 rings (SSSR count). The van der Waals surface area contributed by atoms with Crippen molar-refractivity contribution in [2.75, 3.05) is 18.9 Å². The lowest BCUT2D eigenvalue weighted by molar-refractivity contribution is -0.154. The number of hydrogen-bond donors (Lipinski definition) is 5. The average molecular weight is 478 g/mol. The first kappa shape index (κ1) is 28.9. The van der Waals surface area contributed by atoms with Crippen molar-refractivity contribution in [3.63, 3.8) is 0 Å². The smallest absolute Gasteiger partial charge is 0.312 e. The average Bonchev–Trinajstić information content (AvgIpc) is 2.74. The highest BCUT2D eigenvalue weighted by Gasteiger charge is 2.26. The molecule has 0 fully saturated rings. The molecule has 0 radical (unpaired) electrons. The van der Waals surface area contributed by atoms with Gasteiger partial charge in [-0.05, 0) is 64.3 Å². The minimum Gasteiger partial charge on any atom is -0.460 e. The van der Waals surface area contributed by atoms with Crippen LogP contribution < -0.4 is 27.0 Å². The fourth-order valence-corrected chi connectivity index (χ4v) is 3.09. The zero-order valence-corrected chi connectivity index (χ0v) is 21.0.